The van der Waals surface area contributed by atoms with Crippen LogP contribution < -0.4 is 0 Å². The maximum absolute atomic E-state index is 12.8. The first-order valence-corrected chi connectivity index (χ1v) is 7.76. The van der Waals surface area contributed by atoms with E-state index in [4.69, 9.17) is 16.0 Å². The van der Waals surface area contributed by atoms with Crippen LogP contribution in [0.25, 0.3) is 0 Å². The summed E-state index contributed by atoms with van der Waals surface area (Å²) >= 11 is 5.58. The van der Waals surface area contributed by atoms with Gasteiger partial charge in [0.15, 0.2) is 0 Å². The Hall–Kier alpha value is -1.37. The first-order valence-electron chi connectivity index (χ1n) is 5.79. The van der Waals surface area contributed by atoms with Crippen LogP contribution in [0.5, 0.6) is 0 Å². The first kappa shape index (κ1) is 15.0. The Balaban J connectivity index is 2.18. The van der Waals surface area contributed by atoms with Crippen molar-refractivity contribution in [2.45, 2.75) is 17.5 Å². The highest BCUT2D eigenvalue weighted by Gasteiger charge is 2.24. The lowest BCUT2D eigenvalue weighted by atomic mass is 10.2. The molecule has 1 aromatic carbocycles. The third-order valence-corrected chi connectivity index (χ3v) is 4.69. The summed E-state index contributed by atoms with van der Waals surface area (Å²) in [6, 6.07) is 8.53. The summed E-state index contributed by atoms with van der Waals surface area (Å²) in [6.45, 7) is 0.125. The molecule has 7 heteroatoms. The van der Waals surface area contributed by atoms with Crippen molar-refractivity contribution in [1.29, 1.82) is 0 Å². The molecule has 0 amide bonds. The monoisotopic (exact) mass is 317 g/mol. The zero-order valence-corrected chi connectivity index (χ0v) is 12.3. The second kappa shape index (κ2) is 5.95. The van der Waals surface area contributed by atoms with E-state index in [2.05, 4.69) is 0 Å². The fourth-order valence-corrected chi connectivity index (χ4v) is 2.88. The van der Waals surface area contributed by atoms with Gasteiger partial charge in [-0.25, -0.2) is 12.8 Å². The van der Waals surface area contributed by atoms with Gasteiger partial charge in [-0.1, -0.05) is 12.1 Å². The Kier molecular flexibility index (Phi) is 4.47. The molecule has 20 heavy (non-hydrogen) atoms. The Bertz CT molecular complexity index is 682. The molecular weight excluding hydrogens is 305 g/mol. The Morgan fingerprint density at radius 3 is 2.40 bits per heavy atom. The fraction of sp³-hybridized carbons (Fsp3) is 0.231. The quantitative estimate of drug-likeness (QED) is 0.797. The molecule has 1 aromatic heterocycles. The van der Waals surface area contributed by atoms with E-state index in [1.807, 2.05) is 0 Å². The van der Waals surface area contributed by atoms with E-state index in [0.29, 0.717) is 11.3 Å². The van der Waals surface area contributed by atoms with Gasteiger partial charge in [0.1, 0.15) is 11.6 Å². The van der Waals surface area contributed by atoms with E-state index in [0.717, 1.165) is 4.31 Å². The van der Waals surface area contributed by atoms with Gasteiger partial charge in [-0.05, 0) is 29.8 Å². The lowest BCUT2D eigenvalue weighted by molar-refractivity contribution is 0.393. The van der Waals surface area contributed by atoms with E-state index >= 15 is 0 Å². The third-order valence-electron chi connectivity index (χ3n) is 2.75. The smallest absolute Gasteiger partial charge is 0.276 e. The van der Waals surface area contributed by atoms with Gasteiger partial charge in [0.05, 0.1) is 5.88 Å². The number of sulfonamides is 1. The highest BCUT2D eigenvalue weighted by molar-refractivity contribution is 7.88. The molecule has 1 heterocycles. The molecule has 0 spiro atoms. The largest absolute Gasteiger partial charge is 0.447 e. The molecule has 0 bridgehead atoms. The molecule has 0 saturated heterocycles. The summed E-state index contributed by atoms with van der Waals surface area (Å²) in [6.07, 6.45) is 0. The number of alkyl halides is 1. The van der Waals surface area contributed by atoms with Crippen molar-refractivity contribution in [1.82, 2.24) is 4.31 Å². The predicted molar refractivity (Wildman–Crippen MR) is 73.3 cm³/mol. The summed E-state index contributed by atoms with van der Waals surface area (Å²) in [5, 5.41) is -0.155. The Morgan fingerprint density at radius 2 is 1.85 bits per heavy atom. The lowest BCUT2D eigenvalue weighted by Crippen LogP contribution is -2.26. The molecule has 0 radical (unpaired) electrons. The summed E-state index contributed by atoms with van der Waals surface area (Å²) < 4.78 is 43.6. The number of rotatable bonds is 5. The zero-order valence-electron chi connectivity index (χ0n) is 10.7. The first-order chi connectivity index (χ1) is 9.43. The van der Waals surface area contributed by atoms with E-state index in [-0.39, 0.29) is 23.3 Å². The van der Waals surface area contributed by atoms with Crippen LogP contribution in [0.15, 0.2) is 45.9 Å². The minimum absolute atomic E-state index is 0.108. The molecule has 4 nitrogen and oxygen atoms in total. The Labute approximate surface area is 121 Å². The minimum Gasteiger partial charge on any atom is -0.447 e. The average Bonchev–Trinajstić information content (AvgIpc) is 2.90. The molecule has 0 saturated carbocycles. The van der Waals surface area contributed by atoms with Crippen LogP contribution in [0.3, 0.4) is 0 Å². The number of hydrogen-bond acceptors (Lipinski definition) is 3. The number of nitrogens with zero attached hydrogens (tertiary/aromatic N) is 1. The maximum atomic E-state index is 12.8. The molecule has 0 unspecified atom stereocenters. The van der Waals surface area contributed by atoms with E-state index in [1.165, 1.54) is 43.4 Å². The van der Waals surface area contributed by atoms with Crippen molar-refractivity contribution in [3.05, 3.63) is 53.5 Å². The maximum Gasteiger partial charge on any atom is 0.276 e. The number of furan rings is 1. The zero-order chi connectivity index (χ0) is 14.8. The normalized spacial score (nSPS) is 12.0. The second-order valence-corrected chi connectivity index (χ2v) is 6.49. The molecule has 0 atom stereocenters. The van der Waals surface area contributed by atoms with E-state index in [9.17, 15) is 12.8 Å². The standard InChI is InChI=1S/C13H13ClFNO3S/c1-16(9-10-2-4-11(15)5-3-10)20(17,18)13-7-6-12(8-14)19-13/h2-7H,8-9H2,1H3. The number of halogens is 2. The van der Waals surface area contributed by atoms with Crippen molar-refractivity contribution >= 4 is 21.6 Å². The summed E-state index contributed by atoms with van der Waals surface area (Å²) in [5.41, 5.74) is 0.682. The molecule has 0 fully saturated rings. The van der Waals surface area contributed by atoms with E-state index < -0.39 is 10.0 Å². The minimum atomic E-state index is -3.72. The average molecular weight is 318 g/mol. The summed E-state index contributed by atoms with van der Waals surface area (Å²) in [7, 11) is -2.29. The second-order valence-electron chi connectivity index (χ2n) is 4.24. The number of hydrogen-bond donors (Lipinski definition) is 0. The molecule has 0 N–H and O–H groups in total. The summed E-state index contributed by atoms with van der Waals surface area (Å²) in [5.74, 6) is 0.134. The Morgan fingerprint density at radius 1 is 1.20 bits per heavy atom. The van der Waals surface area contributed by atoms with Crippen LogP contribution in [0.1, 0.15) is 11.3 Å². The summed E-state index contributed by atoms with van der Waals surface area (Å²) in [4.78, 5) is 0. The SMILES string of the molecule is CN(Cc1ccc(F)cc1)S(=O)(=O)c1ccc(CCl)o1. The molecule has 0 aliphatic rings. The third kappa shape index (κ3) is 3.20. The van der Waals surface area contributed by atoms with Crippen molar-refractivity contribution in [3.8, 4) is 0 Å². The van der Waals surface area contributed by atoms with Gasteiger partial charge >= 0.3 is 0 Å². The van der Waals surface area contributed by atoms with Crippen LogP contribution in [-0.2, 0) is 22.4 Å². The van der Waals surface area contributed by atoms with Crippen molar-refractivity contribution in [3.63, 3.8) is 0 Å². The van der Waals surface area contributed by atoms with Crippen molar-refractivity contribution in [2.24, 2.45) is 0 Å². The van der Waals surface area contributed by atoms with Crippen LogP contribution in [0.2, 0.25) is 0 Å². The van der Waals surface area contributed by atoms with Crippen LogP contribution >= 0.6 is 11.6 Å². The van der Waals surface area contributed by atoms with Gasteiger partial charge in [-0.15, -0.1) is 11.6 Å². The van der Waals surface area contributed by atoms with Crippen molar-refractivity contribution < 1.29 is 17.2 Å². The molecule has 2 rings (SSSR count). The fourth-order valence-electron chi connectivity index (χ4n) is 1.65. The predicted octanol–water partition coefficient (Wildman–Crippen LogP) is 2.98. The van der Waals surface area contributed by atoms with Crippen LogP contribution in [-0.4, -0.2) is 19.8 Å². The van der Waals surface area contributed by atoms with Gasteiger partial charge in [0.2, 0.25) is 5.09 Å². The highest BCUT2D eigenvalue weighted by atomic mass is 35.5. The van der Waals surface area contributed by atoms with Gasteiger partial charge < -0.3 is 4.42 Å². The molecule has 0 aliphatic heterocycles. The number of benzene rings is 1. The van der Waals surface area contributed by atoms with Gasteiger partial charge in [-0.2, -0.15) is 4.31 Å². The molecular formula is C13H13ClFNO3S. The van der Waals surface area contributed by atoms with Crippen molar-refractivity contribution in [2.75, 3.05) is 7.05 Å². The van der Waals surface area contributed by atoms with Crippen LogP contribution in [0, 0.1) is 5.82 Å². The van der Waals surface area contributed by atoms with Crippen LogP contribution in [0.4, 0.5) is 4.39 Å². The van der Waals surface area contributed by atoms with Gasteiger partial charge in [0.25, 0.3) is 10.0 Å². The molecule has 108 valence electrons. The lowest BCUT2D eigenvalue weighted by Gasteiger charge is -2.15. The van der Waals surface area contributed by atoms with E-state index in [1.54, 1.807) is 0 Å². The molecule has 0 aliphatic carbocycles. The molecule has 2 aromatic rings. The van der Waals surface area contributed by atoms with Gasteiger partial charge in [-0.3, -0.25) is 0 Å². The highest BCUT2D eigenvalue weighted by Crippen LogP contribution is 2.20. The topological polar surface area (TPSA) is 50.5 Å². The van der Waals surface area contributed by atoms with Gasteiger partial charge in [0, 0.05) is 13.6 Å².